The van der Waals surface area contributed by atoms with E-state index in [0.29, 0.717) is 11.8 Å². The molecule has 7 unspecified atom stereocenters. The lowest BCUT2D eigenvalue weighted by atomic mass is 9.73. The lowest BCUT2D eigenvalue weighted by molar-refractivity contribution is 0.394. The van der Waals surface area contributed by atoms with Gasteiger partial charge in [0, 0.05) is 34.5 Å². The van der Waals surface area contributed by atoms with E-state index in [1.807, 2.05) is 27.8 Å². The van der Waals surface area contributed by atoms with Crippen molar-refractivity contribution in [2.45, 2.75) is 86.4 Å². The number of ether oxygens (including phenoxy) is 1. The molecule has 11 aliphatic carbocycles. The van der Waals surface area contributed by atoms with Gasteiger partial charge < -0.3 is 4.74 Å². The average Bonchev–Trinajstić information content (AvgIpc) is 3.58. The van der Waals surface area contributed by atoms with Crippen molar-refractivity contribution in [3.63, 3.8) is 0 Å². The number of hydrogen-bond acceptors (Lipinski definition) is 2. The van der Waals surface area contributed by atoms with Crippen LogP contribution in [-0.4, -0.2) is 12.2 Å². The largest absolute Gasteiger partial charge is 0.490 e. The third kappa shape index (κ3) is 1.94. The number of fused-ring (bicyclic) bond motifs is 1. The Hall–Kier alpha value is -4.27. The SMILES string of the molecule is COC(=S)CCCC1(c2ccccc2)C23CC4C=C5CC6CC7CC/C=C8\Cc9c%10c(c%11c%12c2c4c2c5c4c5c%13c%14c(c8c9c%11c%14c%12c25)CC=%13C7C=46)C%1013. The molecule has 250 valence electrons. The highest BCUT2D eigenvalue weighted by Gasteiger charge is 2.97. The summed E-state index contributed by atoms with van der Waals surface area (Å²) >= 11 is 5.74. The highest BCUT2D eigenvalue weighted by Crippen LogP contribution is 2.97. The van der Waals surface area contributed by atoms with Crippen molar-refractivity contribution < 1.29 is 4.74 Å². The normalized spacial score (nSPS) is 35.6. The summed E-state index contributed by atoms with van der Waals surface area (Å²) in [5.41, 5.74) is 23.3. The number of methoxy groups -OCH3 is 1. The summed E-state index contributed by atoms with van der Waals surface area (Å²) in [6.07, 6.45) is 17.7. The zero-order chi connectivity index (χ0) is 33.5. The fourth-order valence-electron chi connectivity index (χ4n) is 18.3. The van der Waals surface area contributed by atoms with E-state index in [1.165, 1.54) is 44.9 Å². The molecule has 7 aromatic rings. The number of hydrogen-bond donors (Lipinski definition) is 0. The minimum Gasteiger partial charge on any atom is -0.490 e. The molecule has 0 radical (unpaired) electrons. The summed E-state index contributed by atoms with van der Waals surface area (Å²) in [6, 6.07) is 12.0. The van der Waals surface area contributed by atoms with Gasteiger partial charge in [-0.15, -0.1) is 0 Å². The van der Waals surface area contributed by atoms with E-state index >= 15 is 0 Å². The van der Waals surface area contributed by atoms with E-state index in [9.17, 15) is 0 Å². The van der Waals surface area contributed by atoms with E-state index in [1.54, 1.807) is 116 Å². The maximum atomic E-state index is 5.74. The lowest BCUT2D eigenvalue weighted by Crippen LogP contribution is -2.32. The van der Waals surface area contributed by atoms with Crippen molar-refractivity contribution in [2.24, 2.45) is 17.8 Å². The Balaban J connectivity index is 1.14. The van der Waals surface area contributed by atoms with Gasteiger partial charge in [-0.05, 0) is 213 Å². The molecule has 2 heteroatoms. The van der Waals surface area contributed by atoms with Crippen LogP contribution in [0.4, 0.5) is 0 Å². The molecule has 53 heavy (non-hydrogen) atoms. The second kappa shape index (κ2) is 7.03. The van der Waals surface area contributed by atoms with Gasteiger partial charge in [0.1, 0.15) is 0 Å². The van der Waals surface area contributed by atoms with Crippen molar-refractivity contribution in [1.82, 2.24) is 0 Å². The molecule has 0 N–H and O–H groups in total. The lowest BCUT2D eigenvalue weighted by Gasteiger charge is -2.30. The quantitative estimate of drug-likeness (QED) is 0.131. The molecule has 1 nitrogen and oxygen atoms in total. The van der Waals surface area contributed by atoms with Gasteiger partial charge in [0.05, 0.1) is 7.11 Å². The van der Waals surface area contributed by atoms with Gasteiger partial charge >= 0.3 is 0 Å². The number of benzene rings is 5. The minimum absolute atomic E-state index is 0.0460. The number of thiocarbonyl (C=S) groups is 1. The van der Waals surface area contributed by atoms with Crippen molar-refractivity contribution >= 4 is 93.4 Å². The molecule has 0 saturated heterocycles. The first-order valence-corrected chi connectivity index (χ1v) is 21.3. The zero-order valence-electron chi connectivity index (χ0n) is 29.7. The molecule has 0 heterocycles. The molecule has 2 fully saturated rings. The molecule has 7 aromatic carbocycles. The fraction of sp³-hybridized carbons (Fsp3) is 0.353. The van der Waals surface area contributed by atoms with Crippen molar-refractivity contribution in [3.05, 3.63) is 103 Å². The van der Waals surface area contributed by atoms with E-state index < -0.39 is 0 Å². The predicted molar refractivity (Wildman–Crippen MR) is 217 cm³/mol. The van der Waals surface area contributed by atoms with Crippen molar-refractivity contribution in [1.29, 1.82) is 0 Å². The molecule has 18 rings (SSSR count). The van der Waals surface area contributed by atoms with Crippen LogP contribution in [0, 0.1) is 17.8 Å². The first-order valence-electron chi connectivity index (χ1n) is 20.9. The zero-order valence-corrected chi connectivity index (χ0v) is 30.6. The van der Waals surface area contributed by atoms with Crippen molar-refractivity contribution in [3.8, 4) is 0 Å². The van der Waals surface area contributed by atoms with Gasteiger partial charge in [0.25, 0.3) is 0 Å². The van der Waals surface area contributed by atoms with Gasteiger partial charge in [-0.1, -0.05) is 48.1 Å². The molecule has 2 spiro atoms. The molecule has 0 amide bonds. The summed E-state index contributed by atoms with van der Waals surface area (Å²) in [4.78, 5) is 0. The maximum absolute atomic E-state index is 5.74. The summed E-state index contributed by atoms with van der Waals surface area (Å²) in [6.45, 7) is 0. The van der Waals surface area contributed by atoms with Gasteiger partial charge in [-0.2, -0.15) is 0 Å². The van der Waals surface area contributed by atoms with Gasteiger partial charge in [-0.25, -0.2) is 0 Å². The molecule has 0 aliphatic heterocycles. The topological polar surface area (TPSA) is 9.23 Å². The highest BCUT2D eigenvalue weighted by molar-refractivity contribution is 7.80. The first-order chi connectivity index (χ1) is 26.2. The Labute approximate surface area is 311 Å². The van der Waals surface area contributed by atoms with Crippen LogP contribution in [0.15, 0.2) is 42.5 Å². The molecular weight excluding hydrogens is 661 g/mol. The molecule has 11 aliphatic rings. The van der Waals surface area contributed by atoms with Crippen LogP contribution < -0.4 is 10.4 Å². The second-order valence-electron chi connectivity index (χ2n) is 19.6. The Morgan fingerprint density at radius 3 is 2.58 bits per heavy atom. The smallest absolute Gasteiger partial charge is 0.159 e. The van der Waals surface area contributed by atoms with Crippen LogP contribution >= 0.6 is 12.2 Å². The van der Waals surface area contributed by atoms with Crippen LogP contribution in [0.25, 0.3) is 76.2 Å². The van der Waals surface area contributed by atoms with E-state index in [4.69, 9.17) is 17.0 Å². The molecular formula is C51H34OS. The minimum atomic E-state index is 0.0460. The third-order valence-corrected chi connectivity index (χ3v) is 19.2. The summed E-state index contributed by atoms with van der Waals surface area (Å²) in [7, 11) is 1.77. The maximum Gasteiger partial charge on any atom is 0.159 e. The Bertz CT molecular complexity index is 3430. The Morgan fingerprint density at radius 2 is 1.68 bits per heavy atom. The van der Waals surface area contributed by atoms with Gasteiger partial charge in [0.2, 0.25) is 0 Å². The third-order valence-electron chi connectivity index (χ3n) is 18.9. The molecule has 0 aromatic heterocycles. The van der Waals surface area contributed by atoms with Crippen LogP contribution in [0.5, 0.6) is 0 Å². The van der Waals surface area contributed by atoms with E-state index in [0.717, 1.165) is 36.1 Å². The molecule has 7 atom stereocenters. The standard InChI is InChI=1S/C51H34OS/c1-52-28(53)11-6-12-49(24-9-3-2-4-10-24)50-18-23-15-22-14-21-13-19-7-5-8-20-16-27-36-30(20)26-17-25-29(19)31(21)37-32(22)38-33(23)47(50)44-43-40(35(26)34(25)39(37)42(38)43)41(36)45(44)48-46(27)51(48,49)50/h2-4,8-10,15,19,21,23,29H,5-7,11-14,16-18H2,1H3/b20-8+. The highest BCUT2D eigenvalue weighted by atomic mass is 32.1. The molecule has 2 saturated carbocycles. The van der Waals surface area contributed by atoms with Crippen LogP contribution in [-0.2, 0) is 33.8 Å². The van der Waals surface area contributed by atoms with E-state index in [2.05, 4.69) is 42.5 Å². The van der Waals surface area contributed by atoms with Crippen LogP contribution in [0.1, 0.15) is 107 Å². The van der Waals surface area contributed by atoms with E-state index in [-0.39, 0.29) is 16.2 Å². The second-order valence-corrected chi connectivity index (χ2v) is 20.1. The van der Waals surface area contributed by atoms with Crippen molar-refractivity contribution in [2.75, 3.05) is 7.11 Å². The molecule has 2 bridgehead atoms. The number of rotatable bonds is 5. The van der Waals surface area contributed by atoms with Crippen LogP contribution in [0.2, 0.25) is 0 Å². The number of allylic oxidation sites excluding steroid dienone is 4. The average molecular weight is 695 g/mol. The van der Waals surface area contributed by atoms with Gasteiger partial charge in [-0.3, -0.25) is 0 Å². The first kappa shape index (κ1) is 25.7. The van der Waals surface area contributed by atoms with Crippen LogP contribution in [0.3, 0.4) is 0 Å². The Kier molecular flexibility index (Phi) is 3.41. The summed E-state index contributed by atoms with van der Waals surface area (Å²) in [5, 5.41) is 21.6. The monoisotopic (exact) mass is 694 g/mol. The van der Waals surface area contributed by atoms with Gasteiger partial charge in [0.15, 0.2) is 5.05 Å². The fourth-order valence-corrected chi connectivity index (χ4v) is 18.4. The summed E-state index contributed by atoms with van der Waals surface area (Å²) < 4.78 is 5.65. The summed E-state index contributed by atoms with van der Waals surface area (Å²) in [5.74, 6) is 2.73. The predicted octanol–water partition coefficient (Wildman–Crippen LogP) is 9.86. The Morgan fingerprint density at radius 1 is 0.830 bits per heavy atom.